The smallest absolute Gasteiger partial charge is 0.191 e. The number of pyridine rings is 1. The van der Waals surface area contributed by atoms with Crippen LogP contribution in [-0.2, 0) is 0 Å². The maximum Gasteiger partial charge on any atom is 0.191 e. The third-order valence-corrected chi connectivity index (χ3v) is 3.49. The fourth-order valence-electron chi connectivity index (χ4n) is 1.69. The van der Waals surface area contributed by atoms with Crippen LogP contribution in [0.25, 0.3) is 0 Å². The van der Waals surface area contributed by atoms with Crippen LogP contribution in [0.4, 0.5) is 5.82 Å². The van der Waals surface area contributed by atoms with Gasteiger partial charge < -0.3 is 16.0 Å². The quantitative estimate of drug-likeness (QED) is 0.428. The van der Waals surface area contributed by atoms with Crippen LogP contribution in [0.15, 0.2) is 17.3 Å². The zero-order valence-corrected chi connectivity index (χ0v) is 12.9. The molecule has 1 aliphatic carbocycles. The second-order valence-corrected chi connectivity index (χ2v) is 5.58. The number of halogens is 2. The van der Waals surface area contributed by atoms with Crippen molar-refractivity contribution >= 4 is 35.0 Å². The third kappa shape index (κ3) is 5.06. The Kier molecular flexibility index (Phi) is 5.73. The van der Waals surface area contributed by atoms with Crippen molar-refractivity contribution in [3.8, 4) is 0 Å². The first-order valence-electron chi connectivity index (χ1n) is 6.68. The lowest BCUT2D eigenvalue weighted by Gasteiger charge is -2.12. The number of anilines is 1. The van der Waals surface area contributed by atoms with Gasteiger partial charge in [0.2, 0.25) is 0 Å². The van der Waals surface area contributed by atoms with E-state index in [2.05, 4.69) is 25.9 Å². The van der Waals surface area contributed by atoms with Gasteiger partial charge in [0.05, 0.1) is 10.0 Å². The van der Waals surface area contributed by atoms with Crippen molar-refractivity contribution in [1.82, 2.24) is 15.6 Å². The Morgan fingerprint density at radius 3 is 2.80 bits per heavy atom. The van der Waals surface area contributed by atoms with Gasteiger partial charge in [0.1, 0.15) is 5.82 Å². The van der Waals surface area contributed by atoms with Gasteiger partial charge >= 0.3 is 0 Å². The summed E-state index contributed by atoms with van der Waals surface area (Å²) in [7, 11) is 1.77. The summed E-state index contributed by atoms with van der Waals surface area (Å²) >= 11 is 11.8. The molecule has 0 radical (unpaired) electrons. The largest absolute Gasteiger partial charge is 0.367 e. The molecule has 1 aliphatic rings. The van der Waals surface area contributed by atoms with Gasteiger partial charge in [-0.3, -0.25) is 4.99 Å². The highest BCUT2D eigenvalue weighted by Gasteiger charge is 2.20. The minimum atomic E-state index is 0.522. The molecule has 2 rings (SSSR count). The molecule has 0 aromatic carbocycles. The van der Waals surface area contributed by atoms with Crippen LogP contribution in [0.3, 0.4) is 0 Å². The molecule has 3 N–H and O–H groups in total. The molecule has 0 amide bonds. The van der Waals surface area contributed by atoms with Gasteiger partial charge in [-0.2, -0.15) is 0 Å². The van der Waals surface area contributed by atoms with Crippen LogP contribution in [0.5, 0.6) is 0 Å². The normalized spacial score (nSPS) is 15.1. The average Bonchev–Trinajstić information content (AvgIpc) is 3.24. The summed E-state index contributed by atoms with van der Waals surface area (Å²) in [4.78, 5) is 8.30. The van der Waals surface area contributed by atoms with Crippen molar-refractivity contribution in [2.75, 3.05) is 32.0 Å². The molecule has 0 atom stereocenters. The van der Waals surface area contributed by atoms with E-state index < -0.39 is 0 Å². The van der Waals surface area contributed by atoms with E-state index in [4.69, 9.17) is 23.2 Å². The number of hydrogen-bond donors (Lipinski definition) is 3. The number of rotatable bonds is 6. The van der Waals surface area contributed by atoms with Crippen molar-refractivity contribution in [1.29, 1.82) is 0 Å². The van der Waals surface area contributed by atoms with E-state index >= 15 is 0 Å². The molecule has 1 heterocycles. The molecule has 1 saturated carbocycles. The van der Waals surface area contributed by atoms with Gasteiger partial charge in [0.25, 0.3) is 0 Å². The summed E-state index contributed by atoms with van der Waals surface area (Å²) in [6, 6.07) is 1.67. The van der Waals surface area contributed by atoms with E-state index in [-0.39, 0.29) is 0 Å². The lowest BCUT2D eigenvalue weighted by atomic mass is 10.4. The molecule has 1 aromatic heterocycles. The van der Waals surface area contributed by atoms with Gasteiger partial charge in [0.15, 0.2) is 5.96 Å². The Morgan fingerprint density at radius 1 is 1.35 bits per heavy atom. The Balaban J connectivity index is 1.66. The molecular weight excluding hydrogens is 297 g/mol. The maximum absolute atomic E-state index is 6.02. The lowest BCUT2D eigenvalue weighted by Crippen LogP contribution is -2.40. The van der Waals surface area contributed by atoms with Crippen LogP contribution < -0.4 is 16.0 Å². The van der Waals surface area contributed by atoms with E-state index in [1.165, 1.54) is 12.8 Å². The number of nitrogens with zero attached hydrogens (tertiary/aromatic N) is 2. The number of aromatic nitrogens is 1. The maximum atomic E-state index is 6.02. The van der Waals surface area contributed by atoms with E-state index in [1.807, 2.05) is 0 Å². The van der Waals surface area contributed by atoms with Crippen LogP contribution in [0.1, 0.15) is 12.8 Å². The molecule has 0 spiro atoms. The van der Waals surface area contributed by atoms with Crippen molar-refractivity contribution < 1.29 is 0 Å². The van der Waals surface area contributed by atoms with E-state index in [1.54, 1.807) is 19.3 Å². The van der Waals surface area contributed by atoms with Gasteiger partial charge in [-0.15, -0.1) is 0 Å². The standard InChI is InChI=1S/C13H19Cl2N5/c1-16-13(20-7-9-2-3-9)18-5-4-17-12-11(15)6-10(14)8-19-12/h6,8-9H,2-5,7H2,1H3,(H,17,19)(H2,16,18,20). The first-order valence-corrected chi connectivity index (χ1v) is 7.44. The fourth-order valence-corrected chi connectivity index (χ4v) is 2.14. The zero-order valence-electron chi connectivity index (χ0n) is 11.4. The van der Waals surface area contributed by atoms with Gasteiger partial charge in [0, 0.05) is 32.9 Å². The van der Waals surface area contributed by atoms with Crippen molar-refractivity contribution in [2.45, 2.75) is 12.8 Å². The number of aliphatic imine (C=N–C) groups is 1. The zero-order chi connectivity index (χ0) is 14.4. The second-order valence-electron chi connectivity index (χ2n) is 4.73. The minimum absolute atomic E-state index is 0.522. The topological polar surface area (TPSA) is 61.3 Å². The molecule has 110 valence electrons. The molecule has 20 heavy (non-hydrogen) atoms. The van der Waals surface area contributed by atoms with Crippen molar-refractivity contribution in [3.63, 3.8) is 0 Å². The highest BCUT2D eigenvalue weighted by Crippen LogP contribution is 2.27. The lowest BCUT2D eigenvalue weighted by molar-refractivity contribution is 0.740. The summed E-state index contributed by atoms with van der Waals surface area (Å²) in [6.45, 7) is 2.42. The Labute approximate surface area is 129 Å². The van der Waals surface area contributed by atoms with Crippen LogP contribution >= 0.6 is 23.2 Å². The molecule has 7 heteroatoms. The predicted octanol–water partition coefficient (Wildman–Crippen LogP) is 2.38. The highest BCUT2D eigenvalue weighted by molar-refractivity contribution is 6.35. The minimum Gasteiger partial charge on any atom is -0.367 e. The molecule has 0 saturated heterocycles. The number of hydrogen-bond acceptors (Lipinski definition) is 3. The first-order chi connectivity index (χ1) is 9.69. The molecule has 1 fully saturated rings. The summed E-state index contributed by atoms with van der Waals surface area (Å²) in [6.07, 6.45) is 4.22. The van der Waals surface area contributed by atoms with E-state index in [0.717, 1.165) is 25.0 Å². The molecule has 0 unspecified atom stereocenters. The van der Waals surface area contributed by atoms with Crippen LogP contribution in [-0.4, -0.2) is 37.6 Å². The first kappa shape index (κ1) is 15.2. The number of guanidine groups is 1. The molecule has 5 nitrogen and oxygen atoms in total. The third-order valence-electron chi connectivity index (χ3n) is 3.00. The van der Waals surface area contributed by atoms with Gasteiger partial charge in [-0.1, -0.05) is 23.2 Å². The SMILES string of the molecule is CN=C(NCCNc1ncc(Cl)cc1Cl)NCC1CC1. The molecular formula is C13H19Cl2N5. The summed E-state index contributed by atoms with van der Waals surface area (Å²) in [5, 5.41) is 10.7. The van der Waals surface area contributed by atoms with E-state index in [9.17, 15) is 0 Å². The summed E-state index contributed by atoms with van der Waals surface area (Å²) in [5.74, 6) is 2.29. The van der Waals surface area contributed by atoms with Gasteiger partial charge in [-0.25, -0.2) is 4.98 Å². The van der Waals surface area contributed by atoms with Gasteiger partial charge in [-0.05, 0) is 24.8 Å². The van der Waals surface area contributed by atoms with E-state index in [0.29, 0.717) is 22.4 Å². The van der Waals surface area contributed by atoms with Crippen molar-refractivity contribution in [2.24, 2.45) is 10.9 Å². The van der Waals surface area contributed by atoms with Crippen molar-refractivity contribution in [3.05, 3.63) is 22.3 Å². The highest BCUT2D eigenvalue weighted by atomic mass is 35.5. The average molecular weight is 316 g/mol. The molecule has 0 aliphatic heterocycles. The predicted molar refractivity (Wildman–Crippen MR) is 84.8 cm³/mol. The second kappa shape index (κ2) is 7.55. The Bertz CT molecular complexity index is 474. The van der Waals surface area contributed by atoms with Crippen LogP contribution in [0.2, 0.25) is 10.0 Å². The number of nitrogens with one attached hydrogen (secondary N) is 3. The Hall–Kier alpha value is -1.20. The summed E-state index contributed by atoms with van der Waals surface area (Å²) in [5.41, 5.74) is 0. The monoisotopic (exact) mass is 315 g/mol. The van der Waals surface area contributed by atoms with Crippen LogP contribution in [0, 0.1) is 5.92 Å². The molecule has 1 aromatic rings. The fraction of sp³-hybridized carbons (Fsp3) is 0.538. The molecule has 0 bridgehead atoms. The Morgan fingerprint density at radius 2 is 2.15 bits per heavy atom. The summed E-state index contributed by atoms with van der Waals surface area (Å²) < 4.78 is 0.